The van der Waals surface area contributed by atoms with Crippen molar-refractivity contribution in [3.8, 4) is 0 Å². The largest absolute Gasteiger partial charge is 0.478 e. The van der Waals surface area contributed by atoms with E-state index in [1.807, 2.05) is 0 Å². The van der Waals surface area contributed by atoms with Gasteiger partial charge in [0.05, 0.1) is 5.56 Å². The lowest BCUT2D eigenvalue weighted by Gasteiger charge is -2.08. The Morgan fingerprint density at radius 2 is 1.32 bits per heavy atom. The van der Waals surface area contributed by atoms with Crippen LogP contribution >= 0.6 is 0 Å². The van der Waals surface area contributed by atoms with Crippen LogP contribution in [0.3, 0.4) is 0 Å². The summed E-state index contributed by atoms with van der Waals surface area (Å²) in [7, 11) is 0. The lowest BCUT2D eigenvalue weighted by molar-refractivity contribution is 0.0697. The lowest BCUT2D eigenvalue weighted by Crippen LogP contribution is -2.34. The zero-order valence-corrected chi connectivity index (χ0v) is 11.7. The van der Waals surface area contributed by atoms with Crippen LogP contribution in [0.1, 0.15) is 21.5 Å². The maximum absolute atomic E-state index is 12.7. The van der Waals surface area contributed by atoms with Crippen LogP contribution in [0.15, 0.2) is 48.5 Å². The summed E-state index contributed by atoms with van der Waals surface area (Å²) in [6.45, 7) is 0.583. The van der Waals surface area contributed by atoms with Gasteiger partial charge in [-0.25, -0.2) is 14.0 Å². The van der Waals surface area contributed by atoms with Crippen LogP contribution in [-0.2, 0) is 13.1 Å². The highest BCUT2D eigenvalue weighted by Gasteiger charge is 2.03. The van der Waals surface area contributed by atoms with E-state index in [1.54, 1.807) is 24.3 Å². The first-order valence-electron chi connectivity index (χ1n) is 6.63. The van der Waals surface area contributed by atoms with Crippen LogP contribution in [0, 0.1) is 5.82 Å². The van der Waals surface area contributed by atoms with Crippen molar-refractivity contribution >= 4 is 12.0 Å². The van der Waals surface area contributed by atoms with Crippen molar-refractivity contribution in [2.45, 2.75) is 13.1 Å². The van der Waals surface area contributed by atoms with E-state index in [4.69, 9.17) is 5.11 Å². The Morgan fingerprint density at radius 3 is 1.77 bits per heavy atom. The quantitative estimate of drug-likeness (QED) is 0.794. The molecule has 0 spiro atoms. The summed E-state index contributed by atoms with van der Waals surface area (Å²) in [4.78, 5) is 22.4. The average Bonchev–Trinajstić information content (AvgIpc) is 2.52. The molecule has 114 valence electrons. The molecule has 0 aliphatic rings. The molecule has 0 fully saturated rings. The highest BCUT2D eigenvalue weighted by molar-refractivity contribution is 5.87. The summed E-state index contributed by atoms with van der Waals surface area (Å²) in [6, 6.07) is 11.8. The van der Waals surface area contributed by atoms with Crippen molar-refractivity contribution in [1.29, 1.82) is 0 Å². The van der Waals surface area contributed by atoms with E-state index in [1.165, 1.54) is 24.3 Å². The van der Waals surface area contributed by atoms with Crippen molar-refractivity contribution < 1.29 is 19.1 Å². The average molecular weight is 302 g/mol. The SMILES string of the molecule is O=C(NCc1ccc(F)cc1)NCc1ccc(C(=O)O)cc1. The van der Waals surface area contributed by atoms with Crippen molar-refractivity contribution in [2.24, 2.45) is 0 Å². The molecule has 0 aromatic heterocycles. The zero-order chi connectivity index (χ0) is 15.9. The number of benzene rings is 2. The minimum atomic E-state index is -0.989. The summed E-state index contributed by atoms with van der Waals surface area (Å²) in [5.74, 6) is -1.31. The maximum Gasteiger partial charge on any atom is 0.335 e. The number of hydrogen-bond acceptors (Lipinski definition) is 2. The predicted molar refractivity (Wildman–Crippen MR) is 78.9 cm³/mol. The smallest absolute Gasteiger partial charge is 0.335 e. The van der Waals surface area contributed by atoms with Gasteiger partial charge < -0.3 is 15.7 Å². The third kappa shape index (κ3) is 4.59. The summed E-state index contributed by atoms with van der Waals surface area (Å²) >= 11 is 0. The summed E-state index contributed by atoms with van der Waals surface area (Å²) in [5, 5.41) is 14.1. The molecule has 0 saturated heterocycles. The highest BCUT2D eigenvalue weighted by Crippen LogP contribution is 2.04. The Hall–Kier alpha value is -2.89. The van der Waals surface area contributed by atoms with Crippen LogP contribution in [0.2, 0.25) is 0 Å². The third-order valence-corrected chi connectivity index (χ3v) is 3.02. The second kappa shape index (κ2) is 7.21. The summed E-state index contributed by atoms with van der Waals surface area (Å²) in [6.07, 6.45) is 0. The molecule has 3 N–H and O–H groups in total. The van der Waals surface area contributed by atoms with Crippen LogP contribution in [0.4, 0.5) is 9.18 Å². The molecule has 0 atom stereocenters. The number of carbonyl (C=O) groups is 2. The van der Waals surface area contributed by atoms with Crippen molar-refractivity contribution in [2.75, 3.05) is 0 Å². The Morgan fingerprint density at radius 1 is 0.864 bits per heavy atom. The van der Waals surface area contributed by atoms with Gasteiger partial charge in [-0.15, -0.1) is 0 Å². The molecule has 0 heterocycles. The number of carboxylic acids is 1. The Balaban J connectivity index is 1.77. The zero-order valence-electron chi connectivity index (χ0n) is 11.7. The molecule has 5 nitrogen and oxygen atoms in total. The molecule has 6 heteroatoms. The van der Waals surface area contributed by atoms with Crippen LogP contribution in [0.25, 0.3) is 0 Å². The van der Waals surface area contributed by atoms with Crippen LogP contribution in [0.5, 0.6) is 0 Å². The third-order valence-electron chi connectivity index (χ3n) is 3.02. The van der Waals surface area contributed by atoms with E-state index in [2.05, 4.69) is 10.6 Å². The van der Waals surface area contributed by atoms with Crippen molar-refractivity contribution in [3.05, 3.63) is 71.0 Å². The Kier molecular flexibility index (Phi) is 5.08. The number of rotatable bonds is 5. The number of carboxylic acid groups (broad SMARTS) is 1. The number of carbonyl (C=O) groups excluding carboxylic acids is 1. The second-order valence-electron chi connectivity index (χ2n) is 4.66. The van der Waals surface area contributed by atoms with Gasteiger partial charge >= 0.3 is 12.0 Å². The lowest BCUT2D eigenvalue weighted by atomic mass is 10.1. The van der Waals surface area contributed by atoms with Gasteiger partial charge in [0.2, 0.25) is 0 Å². The van der Waals surface area contributed by atoms with Crippen LogP contribution in [-0.4, -0.2) is 17.1 Å². The number of hydrogen-bond donors (Lipinski definition) is 3. The molecule has 22 heavy (non-hydrogen) atoms. The molecule has 0 bridgehead atoms. The molecule has 2 aromatic rings. The van der Waals surface area contributed by atoms with Gasteiger partial charge in [0.15, 0.2) is 0 Å². The summed E-state index contributed by atoms with van der Waals surface area (Å²) in [5.41, 5.74) is 1.79. The first-order chi connectivity index (χ1) is 10.5. The fraction of sp³-hybridized carbons (Fsp3) is 0.125. The number of nitrogens with one attached hydrogen (secondary N) is 2. The standard InChI is InChI=1S/C16H15FN2O3/c17-14-7-3-12(4-8-14)10-19-16(22)18-9-11-1-5-13(6-2-11)15(20)21/h1-8H,9-10H2,(H,20,21)(H2,18,19,22). The molecule has 0 saturated carbocycles. The number of urea groups is 1. The highest BCUT2D eigenvalue weighted by atomic mass is 19.1. The molecule has 2 rings (SSSR count). The van der Waals surface area contributed by atoms with Crippen molar-refractivity contribution in [1.82, 2.24) is 10.6 Å². The van der Waals surface area contributed by atoms with Gasteiger partial charge in [0, 0.05) is 13.1 Å². The number of aromatic carboxylic acids is 1. The van der Waals surface area contributed by atoms with Crippen molar-refractivity contribution in [3.63, 3.8) is 0 Å². The molecular formula is C16H15FN2O3. The second-order valence-corrected chi connectivity index (χ2v) is 4.66. The minimum absolute atomic E-state index is 0.199. The fourth-order valence-corrected chi connectivity index (χ4v) is 1.79. The monoisotopic (exact) mass is 302 g/mol. The topological polar surface area (TPSA) is 78.4 Å². The number of amides is 2. The molecule has 2 aromatic carbocycles. The predicted octanol–water partition coefficient (Wildman–Crippen LogP) is 2.52. The fourth-order valence-electron chi connectivity index (χ4n) is 1.79. The van der Waals surface area contributed by atoms with Gasteiger partial charge in [-0.2, -0.15) is 0 Å². The first kappa shape index (κ1) is 15.5. The van der Waals surface area contributed by atoms with E-state index >= 15 is 0 Å². The molecule has 0 unspecified atom stereocenters. The molecule has 2 amide bonds. The normalized spacial score (nSPS) is 10.0. The Bertz CT molecular complexity index is 654. The van der Waals surface area contributed by atoms with Crippen LogP contribution < -0.4 is 10.6 Å². The number of halogens is 1. The molecule has 0 radical (unpaired) electrons. The maximum atomic E-state index is 12.7. The summed E-state index contributed by atoms with van der Waals surface area (Å²) < 4.78 is 12.7. The van der Waals surface area contributed by atoms with Gasteiger partial charge in [-0.05, 0) is 35.4 Å². The van der Waals surface area contributed by atoms with E-state index < -0.39 is 5.97 Å². The van der Waals surface area contributed by atoms with Gasteiger partial charge in [-0.3, -0.25) is 0 Å². The molecule has 0 aliphatic heterocycles. The van der Waals surface area contributed by atoms with Gasteiger partial charge in [0.1, 0.15) is 5.82 Å². The van der Waals surface area contributed by atoms with E-state index in [0.29, 0.717) is 6.54 Å². The molecular weight excluding hydrogens is 287 g/mol. The van der Waals surface area contributed by atoms with E-state index in [9.17, 15) is 14.0 Å². The van der Waals surface area contributed by atoms with Gasteiger partial charge in [-0.1, -0.05) is 24.3 Å². The Labute approximate surface area is 126 Å². The minimum Gasteiger partial charge on any atom is -0.478 e. The van der Waals surface area contributed by atoms with E-state index in [0.717, 1.165) is 11.1 Å². The molecule has 0 aliphatic carbocycles. The first-order valence-corrected chi connectivity index (χ1v) is 6.63. The van der Waals surface area contributed by atoms with Gasteiger partial charge in [0.25, 0.3) is 0 Å². The van der Waals surface area contributed by atoms with E-state index in [-0.39, 0.29) is 24.0 Å².